The molecule has 2 aromatic rings. The number of hydrogen-bond acceptors (Lipinski definition) is 8. The zero-order valence-electron chi connectivity index (χ0n) is 14.2. The Balaban J connectivity index is 0.00000225. The van der Waals surface area contributed by atoms with Gasteiger partial charge in [0.15, 0.2) is 17.6 Å². The minimum atomic E-state index is -0.922. The maximum atomic E-state index is 13.2. The molecule has 2 aliphatic rings. The van der Waals surface area contributed by atoms with Crippen LogP contribution in [0.3, 0.4) is 0 Å². The van der Waals surface area contributed by atoms with Crippen molar-refractivity contribution < 1.29 is 14.4 Å². The number of carbonyl (C=O) groups is 3. The van der Waals surface area contributed by atoms with Crippen molar-refractivity contribution in [3.05, 3.63) is 67.0 Å². The first kappa shape index (κ1) is 20.7. The third-order valence-electron chi connectivity index (χ3n) is 4.15. The molecular weight excluding hydrogens is 438 g/mol. The summed E-state index contributed by atoms with van der Waals surface area (Å²) in [7, 11) is 0. The van der Waals surface area contributed by atoms with Gasteiger partial charge in [-0.25, -0.2) is 4.98 Å². The SMILES string of the molecule is Cl.NC(=O)C(c1nccs1)N1CC(=O)C(=C2SC=CS2)C(=O)c2ccccc21. The molecule has 0 aliphatic carbocycles. The van der Waals surface area contributed by atoms with Gasteiger partial charge in [0.05, 0.1) is 16.4 Å². The minimum absolute atomic E-state index is 0. The molecule has 6 nitrogen and oxygen atoms in total. The zero-order valence-corrected chi connectivity index (χ0v) is 17.5. The van der Waals surface area contributed by atoms with Crippen LogP contribution >= 0.6 is 47.3 Å². The zero-order chi connectivity index (χ0) is 19.0. The molecule has 0 fully saturated rings. The highest BCUT2D eigenvalue weighted by Gasteiger charge is 2.38. The van der Waals surface area contributed by atoms with E-state index in [0.717, 1.165) is 0 Å². The summed E-state index contributed by atoms with van der Waals surface area (Å²) in [5.41, 5.74) is 6.71. The van der Waals surface area contributed by atoms with Crippen molar-refractivity contribution in [2.45, 2.75) is 6.04 Å². The molecular formula is C18H14ClN3O3S3. The maximum absolute atomic E-state index is 13.2. The van der Waals surface area contributed by atoms with E-state index in [4.69, 9.17) is 5.73 Å². The minimum Gasteiger partial charge on any atom is -0.367 e. The summed E-state index contributed by atoms with van der Waals surface area (Å²) in [4.78, 5) is 44.3. The molecule has 1 aromatic heterocycles. The predicted molar refractivity (Wildman–Crippen MR) is 116 cm³/mol. The van der Waals surface area contributed by atoms with Crippen molar-refractivity contribution in [2.24, 2.45) is 5.73 Å². The molecule has 2 aliphatic heterocycles. The monoisotopic (exact) mass is 451 g/mol. The largest absolute Gasteiger partial charge is 0.367 e. The van der Waals surface area contributed by atoms with E-state index in [2.05, 4.69) is 4.98 Å². The number of para-hydroxylation sites is 1. The fraction of sp³-hybridized carbons (Fsp3) is 0.111. The number of anilines is 1. The normalized spacial score (nSPS) is 17.2. The van der Waals surface area contributed by atoms with Crippen LogP contribution in [-0.4, -0.2) is 29.0 Å². The molecule has 4 rings (SSSR count). The van der Waals surface area contributed by atoms with E-state index >= 15 is 0 Å². The third-order valence-corrected chi connectivity index (χ3v) is 7.11. The highest BCUT2D eigenvalue weighted by atomic mass is 35.5. The lowest BCUT2D eigenvalue weighted by molar-refractivity contribution is -0.119. The molecule has 3 heterocycles. The van der Waals surface area contributed by atoms with Crippen LogP contribution in [0.25, 0.3) is 0 Å². The number of primary amides is 1. The van der Waals surface area contributed by atoms with Gasteiger partial charge in [-0.1, -0.05) is 35.7 Å². The Labute approximate surface area is 179 Å². The van der Waals surface area contributed by atoms with Gasteiger partial charge < -0.3 is 10.6 Å². The van der Waals surface area contributed by atoms with Crippen molar-refractivity contribution in [1.29, 1.82) is 0 Å². The van der Waals surface area contributed by atoms with Gasteiger partial charge in [-0.05, 0) is 22.9 Å². The van der Waals surface area contributed by atoms with Crippen molar-refractivity contribution >= 4 is 70.4 Å². The highest BCUT2D eigenvalue weighted by molar-refractivity contribution is 8.27. The summed E-state index contributed by atoms with van der Waals surface area (Å²) >= 11 is 3.99. The number of amides is 1. The molecule has 10 heteroatoms. The Bertz CT molecular complexity index is 995. The van der Waals surface area contributed by atoms with Gasteiger partial charge in [0.25, 0.3) is 0 Å². The number of nitrogens with zero attached hydrogens (tertiary/aromatic N) is 2. The molecule has 28 heavy (non-hydrogen) atoms. The van der Waals surface area contributed by atoms with Gasteiger partial charge in [0.2, 0.25) is 5.91 Å². The number of halogens is 1. The van der Waals surface area contributed by atoms with E-state index in [9.17, 15) is 14.4 Å². The van der Waals surface area contributed by atoms with E-state index < -0.39 is 11.9 Å². The van der Waals surface area contributed by atoms with Crippen LogP contribution in [0, 0.1) is 0 Å². The van der Waals surface area contributed by atoms with Crippen molar-refractivity contribution in [1.82, 2.24) is 4.98 Å². The Morgan fingerprint density at radius 3 is 2.54 bits per heavy atom. The number of hydrogen-bond donors (Lipinski definition) is 1. The molecule has 1 amide bonds. The lowest BCUT2D eigenvalue weighted by Gasteiger charge is -2.29. The number of fused-ring (bicyclic) bond motifs is 1. The molecule has 1 aromatic carbocycles. The molecule has 0 saturated carbocycles. The first-order valence-electron chi connectivity index (χ1n) is 7.93. The van der Waals surface area contributed by atoms with E-state index in [1.807, 2.05) is 10.8 Å². The first-order chi connectivity index (χ1) is 13.1. The second kappa shape index (κ2) is 8.52. The Morgan fingerprint density at radius 1 is 1.18 bits per heavy atom. The van der Waals surface area contributed by atoms with Crippen LogP contribution in [-0.2, 0) is 9.59 Å². The molecule has 0 radical (unpaired) electrons. The number of thiazole rings is 1. The third kappa shape index (κ3) is 3.62. The van der Waals surface area contributed by atoms with Crippen LogP contribution in [0.5, 0.6) is 0 Å². The molecule has 0 spiro atoms. The molecule has 1 atom stereocenters. The fourth-order valence-corrected chi connectivity index (χ4v) is 5.69. The van der Waals surface area contributed by atoms with Gasteiger partial charge in [-0.15, -0.1) is 23.7 Å². The van der Waals surface area contributed by atoms with Crippen LogP contribution in [0.4, 0.5) is 5.69 Å². The van der Waals surface area contributed by atoms with Gasteiger partial charge in [-0.3, -0.25) is 14.4 Å². The number of carbonyl (C=O) groups excluding carboxylic acids is 3. The molecule has 144 valence electrons. The predicted octanol–water partition coefficient (Wildman–Crippen LogP) is 3.53. The Kier molecular flexibility index (Phi) is 6.29. The van der Waals surface area contributed by atoms with Gasteiger partial charge in [0.1, 0.15) is 5.01 Å². The topological polar surface area (TPSA) is 93.4 Å². The number of rotatable bonds is 3. The van der Waals surface area contributed by atoms with Crippen LogP contribution in [0.2, 0.25) is 0 Å². The molecule has 0 bridgehead atoms. The maximum Gasteiger partial charge on any atom is 0.247 e. The lowest BCUT2D eigenvalue weighted by atomic mass is 10.0. The van der Waals surface area contributed by atoms with Crippen LogP contribution < -0.4 is 10.6 Å². The van der Waals surface area contributed by atoms with Crippen molar-refractivity contribution in [2.75, 3.05) is 11.4 Å². The van der Waals surface area contributed by atoms with E-state index in [-0.39, 0.29) is 36.1 Å². The van der Waals surface area contributed by atoms with Gasteiger partial charge in [-0.2, -0.15) is 0 Å². The van der Waals surface area contributed by atoms with Gasteiger partial charge >= 0.3 is 0 Å². The number of aromatic nitrogens is 1. The van der Waals surface area contributed by atoms with Crippen LogP contribution in [0.15, 0.2) is 56.5 Å². The second-order valence-corrected chi connectivity index (χ2v) is 8.76. The average molecular weight is 452 g/mol. The Hall–Kier alpha value is -2.07. The second-order valence-electron chi connectivity index (χ2n) is 5.74. The van der Waals surface area contributed by atoms with E-state index in [1.165, 1.54) is 34.9 Å². The van der Waals surface area contributed by atoms with Crippen molar-refractivity contribution in [3.8, 4) is 0 Å². The van der Waals surface area contributed by atoms with Crippen LogP contribution in [0.1, 0.15) is 21.4 Å². The molecule has 2 N–H and O–H groups in total. The number of Topliss-reactive ketones (excluding diaryl/α,β-unsaturated/α-hetero) is 2. The number of ketones is 2. The summed E-state index contributed by atoms with van der Waals surface area (Å²) in [5.74, 6) is -1.29. The Morgan fingerprint density at radius 2 is 1.89 bits per heavy atom. The summed E-state index contributed by atoms with van der Waals surface area (Å²) in [6.07, 6.45) is 1.58. The lowest BCUT2D eigenvalue weighted by Crippen LogP contribution is -2.40. The standard InChI is InChI=1S/C18H13N3O3S3.ClH/c19-16(24)14(17-20-5-6-25-17)21-9-12(22)13(18-26-7-8-27-18)15(23)10-3-1-2-4-11(10)21;/h1-8,14H,9H2,(H2,19,24);1H. The van der Waals surface area contributed by atoms with Crippen molar-refractivity contribution in [3.63, 3.8) is 0 Å². The molecule has 1 unspecified atom stereocenters. The summed E-state index contributed by atoms with van der Waals surface area (Å²) in [5, 5.41) is 5.90. The molecule has 0 saturated heterocycles. The summed E-state index contributed by atoms with van der Waals surface area (Å²) in [6.45, 7) is -0.129. The summed E-state index contributed by atoms with van der Waals surface area (Å²) in [6, 6.07) is 5.98. The highest BCUT2D eigenvalue weighted by Crippen LogP contribution is 2.43. The van der Waals surface area contributed by atoms with E-state index in [0.29, 0.717) is 20.5 Å². The number of benzene rings is 1. The first-order valence-corrected chi connectivity index (χ1v) is 10.6. The number of thioether (sulfide) groups is 2. The summed E-state index contributed by atoms with van der Waals surface area (Å²) < 4.78 is 0.659. The quantitative estimate of drug-likeness (QED) is 0.563. The smallest absolute Gasteiger partial charge is 0.247 e. The van der Waals surface area contributed by atoms with E-state index in [1.54, 1.807) is 40.7 Å². The average Bonchev–Trinajstić information content (AvgIpc) is 3.33. The fourth-order valence-electron chi connectivity index (χ4n) is 3.04. The van der Waals surface area contributed by atoms with Gasteiger partial charge in [0, 0.05) is 22.8 Å². The number of nitrogens with two attached hydrogens (primary N) is 1.